The largest absolute Gasteiger partial charge is 0.495 e. The number of ether oxygens (including phenoxy) is 4. The predicted molar refractivity (Wildman–Crippen MR) is 293 cm³/mol. The van der Waals surface area contributed by atoms with Crippen LogP contribution in [0, 0.1) is 12.3 Å². The van der Waals surface area contributed by atoms with Crippen molar-refractivity contribution < 1.29 is 42.9 Å². The van der Waals surface area contributed by atoms with E-state index >= 15 is 0 Å². The molecule has 3 atom stereocenters. The molecule has 2 aliphatic heterocycles. The van der Waals surface area contributed by atoms with E-state index in [2.05, 4.69) is 41.5 Å². The van der Waals surface area contributed by atoms with Gasteiger partial charge in [-0.1, -0.05) is 64.8 Å². The monoisotopic (exact) mass is 1070 g/mol. The van der Waals surface area contributed by atoms with Crippen LogP contribution in [0.1, 0.15) is 101 Å². The van der Waals surface area contributed by atoms with Gasteiger partial charge in [0, 0.05) is 57.8 Å². The Morgan fingerprint density at radius 3 is 2.25 bits per heavy atom. The third-order valence-corrected chi connectivity index (χ3v) is 15.0. The lowest BCUT2D eigenvalue weighted by molar-refractivity contribution is -0.143. The first-order valence-corrected chi connectivity index (χ1v) is 27.5. The van der Waals surface area contributed by atoms with Gasteiger partial charge in [-0.2, -0.15) is 4.98 Å². The number of aryl methyl sites for hydroxylation is 1. The summed E-state index contributed by atoms with van der Waals surface area (Å²) >= 11 is 1.60. The second-order valence-electron chi connectivity index (χ2n) is 20.4. The zero-order valence-electron chi connectivity index (χ0n) is 45.2. The summed E-state index contributed by atoms with van der Waals surface area (Å²) in [5.74, 6) is 0.641. The molecule has 1 aliphatic carbocycles. The van der Waals surface area contributed by atoms with E-state index in [1.807, 2.05) is 64.4 Å². The van der Waals surface area contributed by atoms with Crippen LogP contribution >= 0.6 is 11.3 Å². The van der Waals surface area contributed by atoms with Gasteiger partial charge >= 0.3 is 0 Å². The molecule has 76 heavy (non-hydrogen) atoms. The molecule has 7 rings (SSSR count). The predicted octanol–water partition coefficient (Wildman–Crippen LogP) is 5.76. The van der Waals surface area contributed by atoms with Crippen molar-refractivity contribution in [3.8, 4) is 16.2 Å². The molecule has 1 saturated carbocycles. The van der Waals surface area contributed by atoms with Crippen LogP contribution in [0.5, 0.6) is 5.75 Å². The molecule has 2 fully saturated rings. The van der Waals surface area contributed by atoms with E-state index in [0.29, 0.717) is 120 Å². The first-order valence-electron chi connectivity index (χ1n) is 26.7. The minimum absolute atomic E-state index is 0.0554. The number of hydrogen-bond acceptors (Lipinski definition) is 16. The molecule has 1 unspecified atom stereocenters. The average Bonchev–Trinajstić information content (AvgIpc) is 4.23. The fraction of sp³-hybridized carbons (Fsp3) is 0.564. The van der Waals surface area contributed by atoms with Crippen LogP contribution in [0.25, 0.3) is 10.4 Å². The summed E-state index contributed by atoms with van der Waals surface area (Å²) in [4.78, 5) is 87.1. The number of likely N-dealkylation sites (tertiary alicyclic amines) is 1. The lowest BCUT2D eigenvalue weighted by Gasteiger charge is -2.43. The number of carbonyl (C=O) groups excluding carboxylic acids is 5. The molecular weight excluding hydrogens is 991 g/mol. The summed E-state index contributed by atoms with van der Waals surface area (Å²) in [5, 5.41) is 15.3. The van der Waals surface area contributed by atoms with E-state index in [-0.39, 0.29) is 48.0 Å². The van der Waals surface area contributed by atoms with Crippen LogP contribution in [-0.4, -0.2) is 154 Å². The highest BCUT2D eigenvalue weighted by molar-refractivity contribution is 7.13. The van der Waals surface area contributed by atoms with Gasteiger partial charge < -0.3 is 60.2 Å². The number of methoxy groups -OCH3 is 1. The van der Waals surface area contributed by atoms with Crippen molar-refractivity contribution >= 4 is 64.0 Å². The molecule has 5 N–H and O–H groups in total. The Labute approximate surface area is 450 Å². The summed E-state index contributed by atoms with van der Waals surface area (Å²) in [6, 6.07) is 11.7. The summed E-state index contributed by atoms with van der Waals surface area (Å²) in [7, 11) is 3.31. The number of amides is 5. The second kappa shape index (κ2) is 27.7. The summed E-state index contributed by atoms with van der Waals surface area (Å²) < 4.78 is 22.6. The molecule has 21 heteroatoms. The highest BCUT2D eigenvalue weighted by Crippen LogP contribution is 2.40. The molecule has 2 aromatic carbocycles. The standard InChI is InChI=1S/C55H77N11O9S/c1-8-42-52(70)64(6)44-34-59-54(63-49(44)66(42)40-12-9-10-13-40)61-41-20-19-39(32-45(41)72-7)50(68)57-24-27-74-29-31-75-30-28-73-26-23-56-22-21-46(67)62-48(55(3,4)5)53(71)65-25-11-14-43(65)51(69)58-33-37-15-17-38(18-16-37)47-36(2)60-35-76-47/h15-20,32,34-35,40,42-43,48,56H,8-14,21-31,33H2,1-7H3,(H,57,68)(H,58,69)(H,62,67)(H,59,61,63)/t42-,43+,48?/m1/s1. The lowest BCUT2D eigenvalue weighted by atomic mass is 9.85. The maximum atomic E-state index is 13.9. The van der Waals surface area contributed by atoms with Crippen molar-refractivity contribution in [3.05, 3.63) is 71.0 Å². The van der Waals surface area contributed by atoms with Gasteiger partial charge in [-0.25, -0.2) is 9.97 Å². The van der Waals surface area contributed by atoms with Crippen LogP contribution in [-0.2, 0) is 39.9 Å². The molecule has 20 nitrogen and oxygen atoms in total. The molecule has 4 aromatic rings. The van der Waals surface area contributed by atoms with Crippen molar-refractivity contribution in [1.29, 1.82) is 0 Å². The molecule has 412 valence electrons. The van der Waals surface area contributed by atoms with Crippen LogP contribution in [0.4, 0.5) is 23.1 Å². The number of fused-ring (bicyclic) bond motifs is 1. The Morgan fingerprint density at radius 2 is 1.58 bits per heavy atom. The van der Waals surface area contributed by atoms with Crippen LogP contribution in [0.15, 0.2) is 54.2 Å². The smallest absolute Gasteiger partial charge is 0.251 e. The van der Waals surface area contributed by atoms with Crippen LogP contribution in [0.2, 0.25) is 0 Å². The summed E-state index contributed by atoms with van der Waals surface area (Å²) in [6.45, 7) is 14.0. The van der Waals surface area contributed by atoms with E-state index in [0.717, 1.165) is 53.2 Å². The number of nitrogens with zero attached hydrogens (tertiary/aromatic N) is 6. The number of aromatic nitrogens is 3. The van der Waals surface area contributed by atoms with Crippen molar-refractivity contribution in [1.82, 2.24) is 41.1 Å². The minimum Gasteiger partial charge on any atom is -0.495 e. The molecular formula is C55H77N11O9S. The molecule has 0 radical (unpaired) electrons. The lowest BCUT2D eigenvalue weighted by Crippen LogP contribution is -2.57. The number of rotatable bonds is 27. The molecule has 3 aliphatic rings. The number of benzene rings is 2. The van der Waals surface area contributed by atoms with E-state index in [9.17, 15) is 24.0 Å². The fourth-order valence-corrected chi connectivity index (χ4v) is 10.7. The molecule has 0 bridgehead atoms. The molecule has 4 heterocycles. The zero-order valence-corrected chi connectivity index (χ0v) is 46.0. The van der Waals surface area contributed by atoms with Gasteiger partial charge in [-0.05, 0) is 73.8 Å². The Hall–Kier alpha value is -6.26. The SMILES string of the molecule is CC[C@@H]1C(=O)N(C)c2cnc(Nc3ccc(C(=O)NCCOCCOCCOCCNCCC(=O)NC(C(=O)N4CCC[C@H]4C(=O)NCc4ccc(-c5scnc5C)cc4)C(C)(C)C)cc3OC)nc2N1C1CCCC1. The van der Waals surface area contributed by atoms with Crippen LogP contribution in [0.3, 0.4) is 0 Å². The van der Waals surface area contributed by atoms with Gasteiger partial charge in [0.25, 0.3) is 5.91 Å². The highest BCUT2D eigenvalue weighted by Gasteiger charge is 2.43. The number of carbonyl (C=O) groups is 5. The second-order valence-corrected chi connectivity index (χ2v) is 21.3. The quantitative estimate of drug-likeness (QED) is 0.0447. The molecule has 1 saturated heterocycles. The Morgan fingerprint density at radius 1 is 0.868 bits per heavy atom. The third kappa shape index (κ3) is 15.0. The first-order chi connectivity index (χ1) is 36.7. The molecule has 0 spiro atoms. The maximum Gasteiger partial charge on any atom is 0.251 e. The van der Waals surface area contributed by atoms with Gasteiger partial charge in [-0.15, -0.1) is 11.3 Å². The van der Waals surface area contributed by atoms with Gasteiger partial charge in [0.05, 0.1) is 74.7 Å². The van der Waals surface area contributed by atoms with Gasteiger partial charge in [0.2, 0.25) is 29.6 Å². The Balaban J connectivity index is 0.721. The van der Waals surface area contributed by atoms with Gasteiger partial charge in [0.15, 0.2) is 5.82 Å². The number of anilines is 4. The maximum absolute atomic E-state index is 13.9. The summed E-state index contributed by atoms with van der Waals surface area (Å²) in [6.07, 6.45) is 8.13. The topological polar surface area (TPSA) is 231 Å². The van der Waals surface area contributed by atoms with Crippen molar-refractivity contribution in [2.24, 2.45) is 5.41 Å². The number of likely N-dealkylation sites (N-methyl/N-ethyl adjacent to an activating group) is 1. The third-order valence-electron chi connectivity index (χ3n) is 14.0. The normalized spacial score (nSPS) is 17.1. The van der Waals surface area contributed by atoms with Gasteiger partial charge in [0.1, 0.15) is 29.6 Å². The zero-order chi connectivity index (χ0) is 54.2. The van der Waals surface area contributed by atoms with E-state index in [4.69, 9.17) is 23.9 Å². The van der Waals surface area contributed by atoms with Crippen LogP contribution < -0.4 is 41.1 Å². The number of hydrogen-bond donors (Lipinski definition) is 5. The Bertz CT molecular complexity index is 2590. The van der Waals surface area contributed by atoms with Crippen molar-refractivity contribution in [3.63, 3.8) is 0 Å². The Kier molecular flexibility index (Phi) is 20.9. The number of thiazole rings is 1. The summed E-state index contributed by atoms with van der Waals surface area (Å²) in [5.41, 5.74) is 5.99. The number of nitrogens with one attached hydrogen (secondary N) is 5. The van der Waals surface area contributed by atoms with Crippen molar-refractivity contribution in [2.45, 2.75) is 117 Å². The van der Waals surface area contributed by atoms with E-state index in [1.54, 1.807) is 52.6 Å². The highest BCUT2D eigenvalue weighted by atomic mass is 32.1. The molecule has 5 amide bonds. The van der Waals surface area contributed by atoms with Crippen molar-refractivity contribution in [2.75, 3.05) is 95.1 Å². The fourth-order valence-electron chi connectivity index (χ4n) is 9.86. The first kappa shape index (κ1) is 57.4. The van der Waals surface area contributed by atoms with E-state index in [1.165, 1.54) is 7.11 Å². The molecule has 2 aromatic heterocycles. The average molecular weight is 1070 g/mol. The van der Waals surface area contributed by atoms with Gasteiger partial charge in [-0.3, -0.25) is 24.0 Å². The minimum atomic E-state index is -0.792. The van der Waals surface area contributed by atoms with E-state index < -0.39 is 17.5 Å².